The molecular formula is C35H34BrIN8O6. The molecule has 0 fully saturated rings. The number of carboxylic acids is 1. The minimum Gasteiger partial charge on any atom is -1.00 e. The Morgan fingerprint density at radius 1 is 0.765 bits per heavy atom. The predicted molar refractivity (Wildman–Crippen MR) is 188 cm³/mol. The van der Waals surface area contributed by atoms with Crippen LogP contribution in [0, 0.1) is 12.3 Å². The maximum absolute atomic E-state index is 11.4. The fraction of sp³-hybridized carbons (Fsp3) is 0.114. The summed E-state index contributed by atoms with van der Waals surface area (Å²) in [5.41, 5.74) is 3.22. The number of aromatic carboxylic acids is 1. The summed E-state index contributed by atoms with van der Waals surface area (Å²) in [4.78, 5) is 32.0. The van der Waals surface area contributed by atoms with Gasteiger partial charge in [0.1, 0.15) is 11.1 Å². The fourth-order valence-electron chi connectivity index (χ4n) is 3.89. The molecule has 0 aromatic carbocycles. The SMILES string of the molecule is Brc1cnn2ccccc12.C#CC(=O)OCC.CCOC(=O)c1cnn2ccccc12.N[n+]1ccccc1.O=C(O)c1cnn2ccccc12.[I-]. The van der Waals surface area contributed by atoms with Crippen LogP contribution in [0.1, 0.15) is 34.6 Å². The van der Waals surface area contributed by atoms with Crippen LogP contribution in [0.25, 0.3) is 16.6 Å². The lowest BCUT2D eigenvalue weighted by Crippen LogP contribution is -3.00. The summed E-state index contributed by atoms with van der Waals surface area (Å²) in [5, 5.41) is 20.7. The van der Waals surface area contributed by atoms with E-state index in [0.29, 0.717) is 24.3 Å². The Hall–Kier alpha value is -5.80. The Kier molecular flexibility index (Phi) is 17.9. The van der Waals surface area contributed by atoms with E-state index in [1.807, 2.05) is 65.3 Å². The maximum atomic E-state index is 11.4. The van der Waals surface area contributed by atoms with Crippen molar-refractivity contribution in [2.75, 3.05) is 19.1 Å². The van der Waals surface area contributed by atoms with Crippen LogP contribution in [0.15, 0.2) is 127 Å². The summed E-state index contributed by atoms with van der Waals surface area (Å²) in [6, 6.07) is 22.5. The Labute approximate surface area is 318 Å². The van der Waals surface area contributed by atoms with Crippen molar-refractivity contribution in [3.8, 4) is 12.3 Å². The third kappa shape index (κ3) is 12.9. The van der Waals surface area contributed by atoms with Gasteiger partial charge in [0.15, 0.2) is 12.4 Å². The molecule has 0 spiro atoms. The van der Waals surface area contributed by atoms with Gasteiger partial charge in [0.2, 0.25) is 0 Å². The van der Waals surface area contributed by atoms with Crippen molar-refractivity contribution >= 4 is 50.4 Å². The van der Waals surface area contributed by atoms with Crippen molar-refractivity contribution < 1.29 is 57.6 Å². The second kappa shape index (κ2) is 22.0. The van der Waals surface area contributed by atoms with E-state index in [2.05, 4.69) is 42.4 Å². The molecule has 0 amide bonds. The molecule has 0 aliphatic heterocycles. The topological polar surface area (TPSA) is 172 Å². The van der Waals surface area contributed by atoms with Gasteiger partial charge < -0.3 is 38.6 Å². The van der Waals surface area contributed by atoms with Gasteiger partial charge in [0, 0.05) is 36.6 Å². The van der Waals surface area contributed by atoms with Gasteiger partial charge in [-0.15, -0.1) is 6.42 Å². The third-order valence-corrected chi connectivity index (χ3v) is 6.70. The number of fused-ring (bicyclic) bond motifs is 3. The van der Waals surface area contributed by atoms with Crippen molar-refractivity contribution in [1.29, 1.82) is 0 Å². The number of aromatic nitrogens is 7. The number of hydrogen-bond acceptors (Lipinski definition) is 9. The summed E-state index contributed by atoms with van der Waals surface area (Å²) >= 11 is 3.38. The summed E-state index contributed by atoms with van der Waals surface area (Å²) in [6.45, 7) is 4.21. The molecule has 0 saturated heterocycles. The van der Waals surface area contributed by atoms with E-state index in [1.54, 1.807) is 73.5 Å². The Morgan fingerprint density at radius 2 is 1.24 bits per heavy atom. The molecule has 14 nitrogen and oxygen atoms in total. The van der Waals surface area contributed by atoms with Gasteiger partial charge in [-0.05, 0) is 66.2 Å². The number of rotatable bonds is 4. The zero-order valence-corrected chi connectivity index (χ0v) is 31.2. The van der Waals surface area contributed by atoms with E-state index < -0.39 is 11.9 Å². The van der Waals surface area contributed by atoms with Crippen LogP contribution >= 0.6 is 15.9 Å². The molecule has 0 unspecified atom stereocenters. The summed E-state index contributed by atoms with van der Waals surface area (Å²) in [6.07, 6.45) is 18.3. The first kappa shape index (κ1) is 41.4. The van der Waals surface area contributed by atoms with Gasteiger partial charge >= 0.3 is 17.9 Å². The van der Waals surface area contributed by atoms with E-state index in [0.717, 1.165) is 15.5 Å². The highest BCUT2D eigenvalue weighted by molar-refractivity contribution is 9.10. The van der Waals surface area contributed by atoms with Gasteiger partial charge in [-0.25, -0.2) is 33.8 Å². The first-order valence-electron chi connectivity index (χ1n) is 14.9. The number of terminal acetylenes is 1. The number of ether oxygens (including phenoxy) is 2. The van der Waals surface area contributed by atoms with E-state index in [4.69, 9.17) is 15.7 Å². The highest BCUT2D eigenvalue weighted by Gasteiger charge is 2.12. The number of nitrogens with two attached hydrogens (primary N) is 1. The van der Waals surface area contributed by atoms with E-state index in [9.17, 15) is 14.4 Å². The molecule has 0 aliphatic rings. The predicted octanol–water partition coefficient (Wildman–Crippen LogP) is 1.51. The minimum absolute atomic E-state index is 0. The zero-order valence-electron chi connectivity index (χ0n) is 27.5. The normalized spacial score (nSPS) is 9.45. The lowest BCUT2D eigenvalue weighted by molar-refractivity contribution is -0.638. The van der Waals surface area contributed by atoms with E-state index >= 15 is 0 Å². The first-order chi connectivity index (χ1) is 24.2. The minimum atomic E-state index is -0.948. The third-order valence-electron chi connectivity index (χ3n) is 6.09. The first-order valence-corrected chi connectivity index (χ1v) is 15.7. The molecule has 7 aromatic rings. The van der Waals surface area contributed by atoms with Crippen LogP contribution in [0.2, 0.25) is 0 Å². The van der Waals surface area contributed by atoms with Crippen molar-refractivity contribution in [3.63, 3.8) is 0 Å². The number of carbonyl (C=O) groups excluding carboxylic acids is 2. The monoisotopic (exact) mass is 868 g/mol. The average molecular weight is 870 g/mol. The van der Waals surface area contributed by atoms with E-state index in [-0.39, 0.29) is 35.5 Å². The molecule has 51 heavy (non-hydrogen) atoms. The van der Waals surface area contributed by atoms with Crippen molar-refractivity contribution in [3.05, 3.63) is 138 Å². The molecule has 0 saturated carbocycles. The zero-order chi connectivity index (χ0) is 36.3. The number of hydrogen-bond donors (Lipinski definition) is 2. The summed E-state index contributed by atoms with van der Waals surface area (Å²) in [5.74, 6) is 5.21. The quantitative estimate of drug-likeness (QED) is 0.0661. The lowest BCUT2D eigenvalue weighted by Gasteiger charge is -1.98. The van der Waals surface area contributed by atoms with Crippen LogP contribution < -0.4 is 34.5 Å². The molecule has 3 N–H and O–H groups in total. The van der Waals surface area contributed by atoms with Crippen molar-refractivity contribution in [2.24, 2.45) is 0 Å². The van der Waals surface area contributed by atoms with Crippen LogP contribution in [0.5, 0.6) is 0 Å². The van der Waals surface area contributed by atoms with Crippen LogP contribution in [-0.2, 0) is 14.3 Å². The number of pyridine rings is 4. The highest BCUT2D eigenvalue weighted by atomic mass is 127. The molecule has 7 rings (SSSR count). The number of esters is 2. The van der Waals surface area contributed by atoms with Gasteiger partial charge in [-0.3, -0.25) is 0 Å². The molecule has 264 valence electrons. The number of halogens is 2. The van der Waals surface area contributed by atoms with Gasteiger partial charge in [0.25, 0.3) is 0 Å². The molecule has 0 bridgehead atoms. The highest BCUT2D eigenvalue weighted by Crippen LogP contribution is 2.15. The maximum Gasteiger partial charge on any atom is 0.384 e. The lowest BCUT2D eigenvalue weighted by atomic mass is 10.3. The number of carbonyl (C=O) groups is 3. The second-order valence-electron chi connectivity index (χ2n) is 9.41. The van der Waals surface area contributed by atoms with E-state index in [1.165, 1.54) is 21.6 Å². The molecule has 0 atom stereocenters. The van der Waals surface area contributed by atoms with Gasteiger partial charge in [-0.2, -0.15) is 15.3 Å². The standard InChI is InChI=1S/C10H10N2O2.C8H6N2O2.C7H5BrN2.C5H7N2.C5H6O2.HI/c1-2-14-10(13)8-7-11-12-6-4-3-5-9(8)12;11-8(12)6-5-9-10-4-2-1-3-7(6)10;8-6-5-9-10-4-2-1-3-7(6)10;6-7-4-2-1-3-5-7;1-3-5(6)7-4-2;/h3-7H,2H2,1H3;1-5H,(H,11,12);1-5H;1-5H,6H2;1H,4H2,2H3;1H/q;;;+1;;/p-1. The fourth-order valence-corrected chi connectivity index (χ4v) is 4.29. The van der Waals surface area contributed by atoms with Gasteiger partial charge in [-0.1, -0.05) is 28.9 Å². The van der Waals surface area contributed by atoms with Gasteiger partial charge in [0.05, 0.1) is 52.8 Å². The molecule has 7 aromatic heterocycles. The van der Waals surface area contributed by atoms with Crippen LogP contribution in [0.4, 0.5) is 0 Å². The molecule has 0 aliphatic carbocycles. The molecule has 16 heteroatoms. The Bertz CT molecular complexity index is 2180. The number of carboxylic acid groups (broad SMARTS) is 1. The number of nitrogen functional groups attached to an aromatic ring is 1. The summed E-state index contributed by atoms with van der Waals surface area (Å²) < 4.78 is 16.8. The summed E-state index contributed by atoms with van der Waals surface area (Å²) in [7, 11) is 0. The molecule has 7 heterocycles. The number of nitrogens with zero attached hydrogens (tertiary/aromatic N) is 7. The van der Waals surface area contributed by atoms with Crippen molar-refractivity contribution in [1.82, 2.24) is 28.8 Å². The molecular weight excluding hydrogens is 835 g/mol. The Morgan fingerprint density at radius 3 is 1.67 bits per heavy atom. The van der Waals surface area contributed by atoms with Crippen molar-refractivity contribution in [2.45, 2.75) is 13.8 Å². The Balaban J connectivity index is 0.000000226. The largest absolute Gasteiger partial charge is 1.00 e. The average Bonchev–Trinajstić information content (AvgIpc) is 3.87. The second-order valence-corrected chi connectivity index (χ2v) is 10.3. The smallest absolute Gasteiger partial charge is 0.384 e. The van der Waals surface area contributed by atoms with Crippen LogP contribution in [0.3, 0.4) is 0 Å². The molecule has 0 radical (unpaired) electrons. The van der Waals surface area contributed by atoms with Crippen LogP contribution in [-0.4, -0.2) is 65.1 Å².